The van der Waals surface area contributed by atoms with Crippen LogP contribution in [-0.4, -0.2) is 44.6 Å². The second-order valence-corrected chi connectivity index (χ2v) is 6.01. The molecule has 1 heterocycles. The highest BCUT2D eigenvalue weighted by Gasteiger charge is 2.27. The second-order valence-electron chi connectivity index (χ2n) is 6.01. The number of carbonyl (C=O) groups excluding carboxylic acids is 1. The van der Waals surface area contributed by atoms with E-state index in [1.807, 2.05) is 0 Å². The van der Waals surface area contributed by atoms with Crippen LogP contribution < -0.4 is 16.4 Å². The second kappa shape index (κ2) is 7.86. The summed E-state index contributed by atoms with van der Waals surface area (Å²) >= 11 is 0. The lowest BCUT2D eigenvalue weighted by atomic mass is 9.85. The molecule has 0 aromatic carbocycles. The zero-order valence-electron chi connectivity index (χ0n) is 13.4. The van der Waals surface area contributed by atoms with Gasteiger partial charge in [-0.15, -0.1) is 0 Å². The summed E-state index contributed by atoms with van der Waals surface area (Å²) in [5.41, 5.74) is 5.10. The number of nitro groups is 1. The molecule has 0 spiro atoms. The zero-order valence-corrected chi connectivity index (χ0v) is 13.4. The molecule has 1 amide bonds. The molecular weight excluding hydrogens is 316 g/mol. The number of aliphatic hydroxyl groups is 1. The minimum atomic E-state index is -0.545. The van der Waals surface area contributed by atoms with E-state index < -0.39 is 4.92 Å². The van der Waals surface area contributed by atoms with E-state index in [-0.39, 0.29) is 48.0 Å². The predicted octanol–water partition coefficient (Wildman–Crippen LogP) is 0.633. The Morgan fingerprint density at radius 3 is 2.71 bits per heavy atom. The minimum Gasteiger partial charge on any atom is -0.394 e. The lowest BCUT2D eigenvalue weighted by Crippen LogP contribution is -2.33. The maximum atomic E-state index is 11.2. The molecule has 1 aromatic heterocycles. The molecule has 5 N–H and O–H groups in total. The topological polar surface area (TPSA) is 156 Å². The summed E-state index contributed by atoms with van der Waals surface area (Å²) in [5.74, 6) is -0.0994. The molecule has 1 fully saturated rings. The van der Waals surface area contributed by atoms with Crippen LogP contribution in [0.5, 0.6) is 0 Å². The Bertz CT molecular complexity index is 603. The number of aromatic nitrogens is 2. The maximum absolute atomic E-state index is 11.2. The van der Waals surface area contributed by atoms with Crippen LogP contribution in [0.3, 0.4) is 0 Å². The molecule has 0 bridgehead atoms. The molecule has 1 atom stereocenters. The molecule has 2 rings (SSSR count). The van der Waals surface area contributed by atoms with Crippen LogP contribution >= 0.6 is 0 Å². The SMILES string of the molecule is C[C@@H](CO)Nc1ncc([N+](=O)[O-])c(NC2CCC(C(N)=O)CC2)n1. The number of nitrogens with two attached hydrogens (primary N) is 1. The monoisotopic (exact) mass is 338 g/mol. The highest BCUT2D eigenvalue weighted by Crippen LogP contribution is 2.29. The summed E-state index contributed by atoms with van der Waals surface area (Å²) in [6.45, 7) is 1.63. The number of nitrogens with one attached hydrogen (secondary N) is 2. The van der Waals surface area contributed by atoms with Crippen molar-refractivity contribution in [3.05, 3.63) is 16.3 Å². The number of carbonyl (C=O) groups is 1. The first-order valence-corrected chi connectivity index (χ1v) is 7.85. The average molecular weight is 338 g/mol. The van der Waals surface area contributed by atoms with Gasteiger partial charge in [-0.25, -0.2) is 4.98 Å². The van der Waals surface area contributed by atoms with Gasteiger partial charge < -0.3 is 21.5 Å². The van der Waals surface area contributed by atoms with E-state index in [2.05, 4.69) is 20.6 Å². The molecule has 10 heteroatoms. The molecule has 0 radical (unpaired) electrons. The number of rotatable bonds is 7. The lowest BCUT2D eigenvalue weighted by Gasteiger charge is -2.27. The fourth-order valence-electron chi connectivity index (χ4n) is 2.67. The summed E-state index contributed by atoms with van der Waals surface area (Å²) < 4.78 is 0. The number of hydrogen-bond donors (Lipinski definition) is 4. The number of anilines is 2. The van der Waals surface area contributed by atoms with Crippen molar-refractivity contribution in [2.75, 3.05) is 17.2 Å². The Balaban J connectivity index is 2.10. The standard InChI is InChI=1S/C14H22N6O4/c1-8(7-21)17-14-16-6-11(20(23)24)13(19-14)18-10-4-2-9(3-5-10)12(15)22/h6,8-10,21H,2-5,7H2,1H3,(H2,15,22)(H2,16,17,18,19)/t8-,9?,10?/m0/s1. The summed E-state index contributed by atoms with van der Waals surface area (Å²) in [5, 5.41) is 26.2. The smallest absolute Gasteiger partial charge is 0.329 e. The molecule has 0 unspecified atom stereocenters. The molecule has 1 aliphatic carbocycles. The van der Waals surface area contributed by atoms with Crippen molar-refractivity contribution < 1.29 is 14.8 Å². The third kappa shape index (κ3) is 4.51. The van der Waals surface area contributed by atoms with E-state index in [1.165, 1.54) is 0 Å². The van der Waals surface area contributed by atoms with Gasteiger partial charge in [-0.05, 0) is 32.6 Å². The molecule has 1 saturated carbocycles. The van der Waals surface area contributed by atoms with Gasteiger partial charge >= 0.3 is 5.69 Å². The van der Waals surface area contributed by atoms with Crippen LogP contribution in [0, 0.1) is 16.0 Å². The molecule has 132 valence electrons. The molecule has 10 nitrogen and oxygen atoms in total. The first kappa shape index (κ1) is 17.9. The van der Waals surface area contributed by atoms with E-state index in [9.17, 15) is 14.9 Å². The van der Waals surface area contributed by atoms with Crippen molar-refractivity contribution in [2.45, 2.75) is 44.7 Å². The fraction of sp³-hybridized carbons (Fsp3) is 0.643. The number of hydrogen-bond acceptors (Lipinski definition) is 8. The highest BCUT2D eigenvalue weighted by molar-refractivity contribution is 5.76. The molecule has 0 aliphatic heterocycles. The van der Waals surface area contributed by atoms with E-state index in [4.69, 9.17) is 10.8 Å². The predicted molar refractivity (Wildman–Crippen MR) is 87.4 cm³/mol. The molecule has 24 heavy (non-hydrogen) atoms. The van der Waals surface area contributed by atoms with Crippen LogP contribution in [0.4, 0.5) is 17.5 Å². The van der Waals surface area contributed by atoms with Gasteiger partial charge in [0.05, 0.1) is 11.5 Å². The first-order valence-electron chi connectivity index (χ1n) is 7.85. The van der Waals surface area contributed by atoms with Crippen LogP contribution in [0.25, 0.3) is 0 Å². The van der Waals surface area contributed by atoms with Crippen molar-refractivity contribution in [1.82, 2.24) is 9.97 Å². The van der Waals surface area contributed by atoms with Crippen LogP contribution in [0.15, 0.2) is 6.20 Å². The average Bonchev–Trinajstić information content (AvgIpc) is 2.55. The van der Waals surface area contributed by atoms with Gasteiger partial charge in [0.25, 0.3) is 0 Å². The zero-order chi connectivity index (χ0) is 17.7. The first-order chi connectivity index (χ1) is 11.4. The molecule has 1 aromatic rings. The van der Waals surface area contributed by atoms with E-state index in [0.29, 0.717) is 25.7 Å². The Hall–Kier alpha value is -2.49. The van der Waals surface area contributed by atoms with E-state index >= 15 is 0 Å². The molecule has 1 aliphatic rings. The summed E-state index contributed by atoms with van der Waals surface area (Å²) in [4.78, 5) is 29.9. The van der Waals surface area contributed by atoms with Gasteiger partial charge in [-0.2, -0.15) is 4.98 Å². The van der Waals surface area contributed by atoms with E-state index in [0.717, 1.165) is 6.20 Å². The van der Waals surface area contributed by atoms with Crippen molar-refractivity contribution >= 4 is 23.4 Å². The fourth-order valence-corrected chi connectivity index (χ4v) is 2.67. The van der Waals surface area contributed by atoms with Gasteiger partial charge in [0.1, 0.15) is 6.20 Å². The lowest BCUT2D eigenvalue weighted by molar-refractivity contribution is -0.384. The van der Waals surface area contributed by atoms with E-state index in [1.54, 1.807) is 6.92 Å². The third-order valence-electron chi connectivity index (χ3n) is 4.09. The van der Waals surface area contributed by atoms with Crippen molar-refractivity contribution in [3.63, 3.8) is 0 Å². The van der Waals surface area contributed by atoms with Crippen molar-refractivity contribution in [1.29, 1.82) is 0 Å². The number of aliphatic hydroxyl groups excluding tert-OH is 1. The van der Waals surface area contributed by atoms with Gasteiger partial charge in [-0.1, -0.05) is 0 Å². The Morgan fingerprint density at radius 1 is 1.50 bits per heavy atom. The van der Waals surface area contributed by atoms with Gasteiger partial charge in [0, 0.05) is 18.0 Å². The largest absolute Gasteiger partial charge is 0.394 e. The molecule has 0 saturated heterocycles. The Labute approximate surface area is 139 Å². The normalized spacial score (nSPS) is 21.8. The Morgan fingerprint density at radius 2 is 2.17 bits per heavy atom. The highest BCUT2D eigenvalue weighted by atomic mass is 16.6. The number of primary amides is 1. The Kier molecular flexibility index (Phi) is 5.85. The van der Waals surface area contributed by atoms with Crippen molar-refractivity contribution in [2.24, 2.45) is 11.7 Å². The van der Waals surface area contributed by atoms with Crippen LogP contribution in [0.2, 0.25) is 0 Å². The summed E-state index contributed by atoms with van der Waals surface area (Å²) in [6.07, 6.45) is 3.81. The minimum absolute atomic E-state index is 0.0164. The van der Waals surface area contributed by atoms with Crippen LogP contribution in [0.1, 0.15) is 32.6 Å². The maximum Gasteiger partial charge on any atom is 0.329 e. The molecular formula is C14H22N6O4. The van der Waals surface area contributed by atoms with Gasteiger partial charge in [0.2, 0.25) is 17.7 Å². The van der Waals surface area contributed by atoms with Gasteiger partial charge in [-0.3, -0.25) is 14.9 Å². The third-order valence-corrected chi connectivity index (χ3v) is 4.09. The summed E-state index contributed by atoms with van der Waals surface area (Å²) in [7, 11) is 0. The number of amides is 1. The number of nitrogens with zero attached hydrogens (tertiary/aromatic N) is 3. The summed E-state index contributed by atoms with van der Waals surface area (Å²) in [6, 6.07) is -0.289. The van der Waals surface area contributed by atoms with Crippen LogP contribution in [-0.2, 0) is 4.79 Å². The van der Waals surface area contributed by atoms with Crippen molar-refractivity contribution in [3.8, 4) is 0 Å². The van der Waals surface area contributed by atoms with Gasteiger partial charge in [0.15, 0.2) is 0 Å². The quantitative estimate of drug-likeness (QED) is 0.416.